The number of ether oxygens (including phenoxy) is 1. The molecule has 3 aromatic carbocycles. The monoisotopic (exact) mass is 537 g/mol. The van der Waals surface area contributed by atoms with Crippen molar-refractivity contribution in [3.63, 3.8) is 0 Å². The van der Waals surface area contributed by atoms with Gasteiger partial charge >= 0.3 is 5.97 Å². The average molecular weight is 538 g/mol. The summed E-state index contributed by atoms with van der Waals surface area (Å²) < 4.78 is 36.1. The number of aliphatic hydroxyl groups excluding tert-OH is 1. The summed E-state index contributed by atoms with van der Waals surface area (Å²) in [5.74, 6) is -0.691. The van der Waals surface area contributed by atoms with E-state index in [1.165, 1.54) is 4.31 Å². The zero-order chi connectivity index (χ0) is 28.0. The Labute approximate surface area is 227 Å². The highest BCUT2D eigenvalue weighted by molar-refractivity contribution is 7.89. The Balaban J connectivity index is 2.10. The fraction of sp³-hybridized carbons (Fsp3) is 0.387. The lowest BCUT2D eigenvalue weighted by molar-refractivity contribution is -0.155. The molecule has 0 saturated carbocycles. The molecule has 38 heavy (non-hydrogen) atoms. The molecule has 204 valence electrons. The minimum atomic E-state index is -4.01. The normalized spacial score (nSPS) is 14.3. The van der Waals surface area contributed by atoms with Gasteiger partial charge in [0.1, 0.15) is 6.10 Å². The molecule has 0 spiro atoms. The Kier molecular flexibility index (Phi) is 9.88. The van der Waals surface area contributed by atoms with E-state index >= 15 is 0 Å². The molecule has 0 aromatic heterocycles. The van der Waals surface area contributed by atoms with E-state index in [4.69, 9.17) is 4.74 Å². The topological polar surface area (TPSA) is 83.9 Å². The SMILES string of the molecule is Cc1cc(C)c(S(=O)(=O)N(Cc2ccccc2)[C@H](C)[C@@H](OC(=O)C[C@H](O)C(C)C)c2ccccc2)c(C)c1. The van der Waals surface area contributed by atoms with Crippen molar-refractivity contribution in [3.8, 4) is 0 Å². The van der Waals surface area contributed by atoms with Gasteiger partial charge in [0.05, 0.1) is 23.5 Å². The van der Waals surface area contributed by atoms with Gasteiger partial charge in [0.25, 0.3) is 0 Å². The lowest BCUT2D eigenvalue weighted by atomic mass is 10.0. The number of nitrogens with zero attached hydrogens (tertiary/aromatic N) is 1. The number of aryl methyl sites for hydroxylation is 3. The average Bonchev–Trinajstić information content (AvgIpc) is 2.85. The van der Waals surface area contributed by atoms with Gasteiger partial charge in [-0.3, -0.25) is 4.79 Å². The van der Waals surface area contributed by atoms with Gasteiger partial charge in [0.15, 0.2) is 0 Å². The standard InChI is InChI=1S/C31H39NO5S/c1-21(2)28(33)19-29(34)37-30(27-15-11-8-12-16-27)25(6)32(20-26-13-9-7-10-14-26)38(35,36)31-23(4)17-22(3)18-24(31)5/h7-18,21,25,28,30,33H,19-20H2,1-6H3/t25-,28+,30-/m1/s1. The number of benzene rings is 3. The van der Waals surface area contributed by atoms with E-state index in [0.717, 1.165) is 11.1 Å². The van der Waals surface area contributed by atoms with Crippen LogP contribution in [-0.4, -0.2) is 35.9 Å². The van der Waals surface area contributed by atoms with Crippen molar-refractivity contribution in [2.75, 3.05) is 0 Å². The van der Waals surface area contributed by atoms with Gasteiger partial charge in [-0.1, -0.05) is 92.2 Å². The Bertz CT molecular complexity index is 1300. The molecule has 1 N–H and O–H groups in total. The molecule has 0 amide bonds. The van der Waals surface area contributed by atoms with Crippen LogP contribution in [0.25, 0.3) is 0 Å². The molecule has 3 atom stereocenters. The van der Waals surface area contributed by atoms with Gasteiger partial charge in [-0.25, -0.2) is 8.42 Å². The molecule has 0 fully saturated rings. The van der Waals surface area contributed by atoms with Crippen molar-refractivity contribution in [2.24, 2.45) is 5.92 Å². The van der Waals surface area contributed by atoms with E-state index in [9.17, 15) is 18.3 Å². The number of aliphatic hydroxyl groups is 1. The summed E-state index contributed by atoms with van der Waals surface area (Å²) in [5, 5.41) is 10.3. The molecule has 3 rings (SSSR count). The van der Waals surface area contributed by atoms with Gasteiger partial charge in [-0.2, -0.15) is 4.31 Å². The Morgan fingerprint density at radius 1 is 0.895 bits per heavy atom. The number of rotatable bonds is 11. The van der Waals surface area contributed by atoms with Crippen molar-refractivity contribution < 1.29 is 23.1 Å². The molecule has 0 radical (unpaired) electrons. The molecule has 0 aliphatic rings. The third kappa shape index (κ3) is 7.10. The van der Waals surface area contributed by atoms with Crippen LogP contribution < -0.4 is 0 Å². The summed E-state index contributed by atoms with van der Waals surface area (Å²) in [5.41, 5.74) is 3.82. The highest BCUT2D eigenvalue weighted by atomic mass is 32.2. The first-order chi connectivity index (χ1) is 17.9. The molecular weight excluding hydrogens is 498 g/mol. The summed E-state index contributed by atoms with van der Waals surface area (Å²) in [6.45, 7) is 11.1. The Morgan fingerprint density at radius 3 is 1.95 bits per heavy atom. The minimum Gasteiger partial charge on any atom is -0.456 e. The van der Waals surface area contributed by atoms with Crippen LogP contribution in [-0.2, 0) is 26.1 Å². The lowest BCUT2D eigenvalue weighted by Gasteiger charge is -2.35. The van der Waals surface area contributed by atoms with Gasteiger partial charge in [-0.05, 0) is 55.9 Å². The number of esters is 1. The lowest BCUT2D eigenvalue weighted by Crippen LogP contribution is -2.43. The molecule has 0 aliphatic carbocycles. The summed E-state index contributed by atoms with van der Waals surface area (Å²) in [6, 6.07) is 21.5. The predicted molar refractivity (Wildman–Crippen MR) is 150 cm³/mol. The second-order valence-corrected chi connectivity index (χ2v) is 12.2. The summed E-state index contributed by atoms with van der Waals surface area (Å²) >= 11 is 0. The Morgan fingerprint density at radius 2 is 1.42 bits per heavy atom. The molecule has 3 aromatic rings. The van der Waals surface area contributed by atoms with Crippen LogP contribution in [0.15, 0.2) is 77.7 Å². The van der Waals surface area contributed by atoms with Crippen molar-refractivity contribution in [1.29, 1.82) is 0 Å². The third-order valence-electron chi connectivity index (χ3n) is 6.78. The summed E-state index contributed by atoms with van der Waals surface area (Å²) in [7, 11) is -4.01. The van der Waals surface area contributed by atoms with Gasteiger partial charge in [0, 0.05) is 6.54 Å². The number of hydrogen-bond donors (Lipinski definition) is 1. The minimum absolute atomic E-state index is 0.104. The zero-order valence-electron chi connectivity index (χ0n) is 23.1. The van der Waals surface area contributed by atoms with Crippen molar-refractivity contribution in [3.05, 3.63) is 101 Å². The molecule has 7 heteroatoms. The van der Waals surface area contributed by atoms with Crippen LogP contribution in [0.2, 0.25) is 0 Å². The van der Waals surface area contributed by atoms with E-state index in [1.807, 2.05) is 93.6 Å². The van der Waals surface area contributed by atoms with E-state index in [0.29, 0.717) is 16.7 Å². The maximum absolute atomic E-state index is 14.4. The van der Waals surface area contributed by atoms with E-state index < -0.39 is 34.2 Å². The molecule has 0 heterocycles. The number of hydrogen-bond acceptors (Lipinski definition) is 5. The molecule has 0 unspecified atom stereocenters. The first-order valence-electron chi connectivity index (χ1n) is 13.0. The van der Waals surface area contributed by atoms with Gasteiger partial charge in [-0.15, -0.1) is 0 Å². The number of carbonyl (C=O) groups excluding carboxylic acids is 1. The first kappa shape index (κ1) is 29.6. The predicted octanol–water partition coefficient (Wildman–Crippen LogP) is 5.88. The fourth-order valence-electron chi connectivity index (χ4n) is 4.74. The highest BCUT2D eigenvalue weighted by Gasteiger charge is 2.38. The van der Waals surface area contributed by atoms with Crippen LogP contribution >= 0.6 is 0 Å². The summed E-state index contributed by atoms with van der Waals surface area (Å²) in [4.78, 5) is 13.2. The van der Waals surface area contributed by atoms with E-state index in [1.54, 1.807) is 20.8 Å². The van der Waals surface area contributed by atoms with E-state index in [-0.39, 0.29) is 23.8 Å². The van der Waals surface area contributed by atoms with Crippen LogP contribution in [0.1, 0.15) is 61.1 Å². The number of carbonyl (C=O) groups is 1. The van der Waals surface area contributed by atoms with Crippen LogP contribution in [0, 0.1) is 26.7 Å². The highest BCUT2D eigenvalue weighted by Crippen LogP contribution is 2.34. The van der Waals surface area contributed by atoms with Crippen molar-refractivity contribution in [2.45, 2.75) is 77.7 Å². The molecule has 0 bridgehead atoms. The maximum Gasteiger partial charge on any atom is 0.309 e. The smallest absolute Gasteiger partial charge is 0.309 e. The van der Waals surface area contributed by atoms with Crippen molar-refractivity contribution in [1.82, 2.24) is 4.31 Å². The zero-order valence-corrected chi connectivity index (χ0v) is 23.9. The first-order valence-corrected chi connectivity index (χ1v) is 14.4. The molecule has 0 saturated heterocycles. The van der Waals surface area contributed by atoms with Crippen LogP contribution in [0.4, 0.5) is 0 Å². The molecule has 6 nitrogen and oxygen atoms in total. The quantitative estimate of drug-likeness (QED) is 0.309. The van der Waals surface area contributed by atoms with Gasteiger partial charge in [0.2, 0.25) is 10.0 Å². The summed E-state index contributed by atoms with van der Waals surface area (Å²) in [6.07, 6.45) is -1.90. The van der Waals surface area contributed by atoms with Crippen LogP contribution in [0.5, 0.6) is 0 Å². The largest absolute Gasteiger partial charge is 0.456 e. The molecule has 0 aliphatic heterocycles. The van der Waals surface area contributed by atoms with Crippen LogP contribution in [0.3, 0.4) is 0 Å². The molecular formula is C31H39NO5S. The second-order valence-electron chi connectivity index (χ2n) is 10.3. The fourth-order valence-corrected chi connectivity index (χ4v) is 6.77. The van der Waals surface area contributed by atoms with E-state index in [2.05, 4.69) is 0 Å². The van der Waals surface area contributed by atoms with Gasteiger partial charge < -0.3 is 9.84 Å². The third-order valence-corrected chi connectivity index (χ3v) is 9.02. The Hall–Kier alpha value is -3.00. The second kappa shape index (κ2) is 12.7. The van der Waals surface area contributed by atoms with Crippen molar-refractivity contribution >= 4 is 16.0 Å². The maximum atomic E-state index is 14.4. The number of sulfonamides is 1.